The Hall–Kier alpha value is -1.10. The quantitative estimate of drug-likeness (QED) is 0.906. The molecule has 0 aliphatic rings. The number of hydrogen-bond donors (Lipinski definition) is 1. The Morgan fingerprint density at radius 3 is 2.65 bits per heavy atom. The number of amides is 1. The molecule has 0 bridgehead atoms. The molecule has 0 aliphatic heterocycles. The molecule has 0 radical (unpaired) electrons. The van der Waals surface area contributed by atoms with Gasteiger partial charge in [-0.15, -0.1) is 0 Å². The molecule has 0 saturated heterocycles. The topological polar surface area (TPSA) is 38.3 Å². The molecule has 94 valence electrons. The Morgan fingerprint density at radius 2 is 2.12 bits per heavy atom. The zero-order valence-electron chi connectivity index (χ0n) is 10.0. The van der Waals surface area contributed by atoms with Crippen molar-refractivity contribution in [1.82, 2.24) is 5.32 Å². The normalized spacial score (nSPS) is 11.1. The molecule has 0 heterocycles. The van der Waals surface area contributed by atoms with Gasteiger partial charge >= 0.3 is 6.09 Å². The van der Waals surface area contributed by atoms with Gasteiger partial charge in [0.1, 0.15) is 11.4 Å². The maximum Gasteiger partial charge on any atom is 0.407 e. The zero-order valence-corrected chi connectivity index (χ0v) is 11.6. The van der Waals surface area contributed by atoms with E-state index in [-0.39, 0.29) is 12.4 Å². The largest absolute Gasteiger partial charge is 0.444 e. The van der Waals surface area contributed by atoms with Gasteiger partial charge in [-0.2, -0.15) is 0 Å². The summed E-state index contributed by atoms with van der Waals surface area (Å²) >= 11 is 3.23. The van der Waals surface area contributed by atoms with E-state index in [1.54, 1.807) is 32.9 Å². The molecule has 0 spiro atoms. The van der Waals surface area contributed by atoms with Crippen molar-refractivity contribution >= 4 is 22.0 Å². The maximum atomic E-state index is 13.4. The van der Waals surface area contributed by atoms with Crippen LogP contribution in [0.25, 0.3) is 0 Å². The monoisotopic (exact) mass is 303 g/mol. The van der Waals surface area contributed by atoms with Crippen LogP contribution in [0.2, 0.25) is 0 Å². The van der Waals surface area contributed by atoms with Gasteiger partial charge < -0.3 is 10.1 Å². The number of ether oxygens (including phenoxy) is 1. The highest BCUT2D eigenvalue weighted by Gasteiger charge is 2.16. The van der Waals surface area contributed by atoms with Gasteiger partial charge in [0.15, 0.2) is 0 Å². The first kappa shape index (κ1) is 14.0. The number of nitrogens with one attached hydrogen (secondary N) is 1. The van der Waals surface area contributed by atoms with Crippen molar-refractivity contribution in [3.05, 3.63) is 34.1 Å². The van der Waals surface area contributed by atoms with Crippen LogP contribution >= 0.6 is 15.9 Å². The van der Waals surface area contributed by atoms with Crippen LogP contribution in [-0.2, 0) is 11.3 Å². The first-order valence-electron chi connectivity index (χ1n) is 5.19. The Bertz CT molecular complexity index is 395. The summed E-state index contributed by atoms with van der Waals surface area (Å²) in [4.78, 5) is 11.4. The number of carbonyl (C=O) groups excluding carboxylic acids is 1. The number of carbonyl (C=O) groups is 1. The molecular formula is C12H15BrFNO2. The molecule has 1 N–H and O–H groups in total. The van der Waals surface area contributed by atoms with Crippen LogP contribution in [-0.4, -0.2) is 11.7 Å². The molecule has 0 unspecified atom stereocenters. The second-order valence-electron chi connectivity index (χ2n) is 4.56. The van der Waals surface area contributed by atoms with E-state index in [0.717, 1.165) is 0 Å². The molecule has 0 aromatic heterocycles. The molecular weight excluding hydrogens is 289 g/mol. The number of hydrogen-bond acceptors (Lipinski definition) is 2. The summed E-state index contributed by atoms with van der Waals surface area (Å²) in [5.41, 5.74) is -0.158. The lowest BCUT2D eigenvalue weighted by atomic mass is 10.2. The fraction of sp³-hybridized carbons (Fsp3) is 0.417. The first-order chi connectivity index (χ1) is 7.79. The molecule has 1 rings (SSSR count). The number of rotatable bonds is 2. The van der Waals surface area contributed by atoms with Gasteiger partial charge in [0, 0.05) is 10.0 Å². The smallest absolute Gasteiger partial charge is 0.407 e. The molecule has 3 nitrogen and oxygen atoms in total. The van der Waals surface area contributed by atoms with Crippen LogP contribution in [0, 0.1) is 5.82 Å². The summed E-state index contributed by atoms with van der Waals surface area (Å²) in [5, 5.41) is 2.51. The van der Waals surface area contributed by atoms with E-state index in [9.17, 15) is 9.18 Å². The molecule has 1 aromatic carbocycles. The average Bonchev–Trinajstić information content (AvgIpc) is 2.14. The van der Waals surface area contributed by atoms with Crippen molar-refractivity contribution in [2.45, 2.75) is 32.9 Å². The zero-order chi connectivity index (χ0) is 13.1. The summed E-state index contributed by atoms with van der Waals surface area (Å²) in [6, 6.07) is 4.66. The van der Waals surface area contributed by atoms with E-state index < -0.39 is 11.7 Å². The van der Waals surface area contributed by atoms with Crippen molar-refractivity contribution < 1.29 is 13.9 Å². The molecule has 17 heavy (non-hydrogen) atoms. The molecule has 0 aliphatic carbocycles. The van der Waals surface area contributed by atoms with Crippen molar-refractivity contribution in [2.24, 2.45) is 0 Å². The molecule has 1 amide bonds. The summed E-state index contributed by atoms with van der Waals surface area (Å²) in [6.07, 6.45) is -0.562. The molecule has 1 aromatic rings. The van der Waals surface area contributed by atoms with Gasteiger partial charge in [-0.3, -0.25) is 0 Å². The third kappa shape index (κ3) is 4.73. The standard InChI is InChI=1S/C12H15BrFNO2/c1-12(2,3)17-11(16)15-7-8-9(13)5-4-6-10(8)14/h4-6H,7H2,1-3H3,(H,15,16). The lowest BCUT2D eigenvalue weighted by Gasteiger charge is -2.19. The minimum absolute atomic E-state index is 0.0855. The van der Waals surface area contributed by atoms with Crippen molar-refractivity contribution in [2.75, 3.05) is 0 Å². The fourth-order valence-electron chi connectivity index (χ4n) is 1.18. The van der Waals surface area contributed by atoms with Crippen LogP contribution in [0.3, 0.4) is 0 Å². The van der Waals surface area contributed by atoms with Crippen LogP contribution in [0.4, 0.5) is 9.18 Å². The molecule has 0 saturated carbocycles. The summed E-state index contributed by atoms with van der Waals surface area (Å²) in [5.74, 6) is -0.365. The van der Waals surface area contributed by atoms with E-state index in [1.165, 1.54) is 6.07 Å². The lowest BCUT2D eigenvalue weighted by Crippen LogP contribution is -2.32. The summed E-state index contributed by atoms with van der Waals surface area (Å²) in [7, 11) is 0. The lowest BCUT2D eigenvalue weighted by molar-refractivity contribution is 0.0523. The highest BCUT2D eigenvalue weighted by molar-refractivity contribution is 9.10. The van der Waals surface area contributed by atoms with Gasteiger partial charge in [0.25, 0.3) is 0 Å². The Kier molecular flexibility index (Phi) is 4.51. The first-order valence-corrected chi connectivity index (χ1v) is 5.98. The SMILES string of the molecule is CC(C)(C)OC(=O)NCc1c(F)cccc1Br. The van der Waals surface area contributed by atoms with Crippen LogP contribution in [0.1, 0.15) is 26.3 Å². The second-order valence-corrected chi connectivity index (χ2v) is 5.41. The van der Waals surface area contributed by atoms with E-state index in [4.69, 9.17) is 4.74 Å². The van der Waals surface area contributed by atoms with Gasteiger partial charge in [-0.05, 0) is 32.9 Å². The minimum Gasteiger partial charge on any atom is -0.444 e. The van der Waals surface area contributed by atoms with Gasteiger partial charge in [-0.1, -0.05) is 22.0 Å². The van der Waals surface area contributed by atoms with Crippen LogP contribution < -0.4 is 5.32 Å². The third-order valence-electron chi connectivity index (χ3n) is 1.87. The second kappa shape index (κ2) is 5.49. The number of benzene rings is 1. The Labute approximate surface area is 108 Å². The number of halogens is 2. The van der Waals surface area contributed by atoms with Crippen molar-refractivity contribution in [3.63, 3.8) is 0 Å². The highest BCUT2D eigenvalue weighted by atomic mass is 79.9. The highest BCUT2D eigenvalue weighted by Crippen LogP contribution is 2.19. The Balaban J connectivity index is 2.59. The van der Waals surface area contributed by atoms with Crippen molar-refractivity contribution in [3.8, 4) is 0 Å². The van der Waals surface area contributed by atoms with E-state index >= 15 is 0 Å². The van der Waals surface area contributed by atoms with Crippen molar-refractivity contribution in [1.29, 1.82) is 0 Å². The molecule has 0 fully saturated rings. The van der Waals surface area contributed by atoms with E-state index in [0.29, 0.717) is 10.0 Å². The van der Waals surface area contributed by atoms with E-state index in [1.807, 2.05) is 0 Å². The van der Waals surface area contributed by atoms with Gasteiger partial charge in [-0.25, -0.2) is 9.18 Å². The maximum absolute atomic E-state index is 13.4. The predicted octanol–water partition coefficient (Wildman–Crippen LogP) is 3.61. The summed E-state index contributed by atoms with van der Waals surface area (Å²) in [6.45, 7) is 5.39. The fourth-order valence-corrected chi connectivity index (χ4v) is 1.66. The van der Waals surface area contributed by atoms with Gasteiger partial charge in [0.2, 0.25) is 0 Å². The van der Waals surface area contributed by atoms with Crippen LogP contribution in [0.5, 0.6) is 0 Å². The Morgan fingerprint density at radius 1 is 1.47 bits per heavy atom. The van der Waals surface area contributed by atoms with Crippen LogP contribution in [0.15, 0.2) is 22.7 Å². The summed E-state index contributed by atoms with van der Waals surface area (Å²) < 4.78 is 19.1. The molecule has 0 atom stereocenters. The third-order valence-corrected chi connectivity index (χ3v) is 2.61. The molecule has 5 heteroatoms. The number of alkyl carbamates (subject to hydrolysis) is 1. The van der Waals surface area contributed by atoms with E-state index in [2.05, 4.69) is 21.2 Å². The minimum atomic E-state index is -0.562. The van der Waals surface area contributed by atoms with Gasteiger partial charge in [0.05, 0.1) is 6.54 Å². The average molecular weight is 304 g/mol. The predicted molar refractivity (Wildman–Crippen MR) is 67.2 cm³/mol.